The molecule has 1 saturated carbocycles. The van der Waals surface area contributed by atoms with E-state index in [1.54, 1.807) is 0 Å². The first-order chi connectivity index (χ1) is 14.0. The van der Waals surface area contributed by atoms with E-state index in [1.165, 1.54) is 6.42 Å². The highest BCUT2D eigenvalue weighted by Crippen LogP contribution is 2.26. The molecule has 2 N–H and O–H groups in total. The number of hydrogen-bond donors (Lipinski definition) is 2. The molecule has 0 saturated heterocycles. The minimum absolute atomic E-state index is 0.0310. The summed E-state index contributed by atoms with van der Waals surface area (Å²) in [5.74, 6) is 0.468. The van der Waals surface area contributed by atoms with Gasteiger partial charge in [0.25, 0.3) is 5.69 Å². The van der Waals surface area contributed by atoms with E-state index in [9.17, 15) is 10.0 Å². The van der Waals surface area contributed by atoms with Crippen LogP contribution in [-0.2, 0) is 12.8 Å². The first-order valence-electron chi connectivity index (χ1n) is 10.6. The molecule has 0 bridgehead atoms. The van der Waals surface area contributed by atoms with E-state index in [0.717, 1.165) is 46.9 Å². The van der Waals surface area contributed by atoms with Gasteiger partial charge in [0, 0.05) is 29.9 Å². The molecule has 4 rings (SSSR count). The summed E-state index contributed by atoms with van der Waals surface area (Å²) in [6.45, 7) is 4.00. The van der Waals surface area contributed by atoms with E-state index in [2.05, 4.69) is 9.97 Å². The maximum atomic E-state index is 13.2. The molecular formula is C23H29N3O3. The number of hydrogen-bond acceptors (Lipinski definition) is 3. The van der Waals surface area contributed by atoms with Crippen LogP contribution in [0.2, 0.25) is 0 Å². The second kappa shape index (κ2) is 8.31. The lowest BCUT2D eigenvalue weighted by molar-refractivity contribution is -0.624. The molecule has 0 amide bonds. The number of fused-ring (bicyclic) bond motifs is 1. The Hall–Kier alpha value is -2.76. The summed E-state index contributed by atoms with van der Waals surface area (Å²) in [6, 6.07) is 8.02. The topological polar surface area (TPSA) is 84.8 Å². The van der Waals surface area contributed by atoms with Crippen molar-refractivity contribution in [3.63, 3.8) is 0 Å². The molecule has 6 heteroatoms. The van der Waals surface area contributed by atoms with Crippen LogP contribution in [0.25, 0.3) is 10.9 Å². The molecular weight excluding hydrogens is 366 g/mol. The first kappa shape index (κ1) is 19.6. The molecule has 29 heavy (non-hydrogen) atoms. The number of rotatable bonds is 6. The predicted octanol–water partition coefficient (Wildman–Crippen LogP) is 3.99. The van der Waals surface area contributed by atoms with Gasteiger partial charge < -0.3 is 19.9 Å². The molecule has 1 aliphatic rings. The summed E-state index contributed by atoms with van der Waals surface area (Å²) in [5.41, 5.74) is 2.52. The molecule has 0 aliphatic heterocycles. The van der Waals surface area contributed by atoms with E-state index in [-0.39, 0.29) is 29.2 Å². The molecule has 2 heterocycles. The number of para-hydroxylation sites is 1. The van der Waals surface area contributed by atoms with Crippen molar-refractivity contribution in [2.24, 2.45) is 5.92 Å². The number of aromatic amines is 2. The Kier molecular flexibility index (Phi) is 5.60. The Bertz CT molecular complexity index is 1050. The number of nitrogens with zero attached hydrogens (tertiary/aromatic N) is 1. The molecule has 154 valence electrons. The lowest BCUT2D eigenvalue weighted by Gasteiger charge is -2.23. The first-order valence-corrected chi connectivity index (χ1v) is 10.6. The van der Waals surface area contributed by atoms with Gasteiger partial charge in [-0.1, -0.05) is 38.5 Å². The van der Waals surface area contributed by atoms with Gasteiger partial charge in [-0.05, 0) is 43.2 Å². The molecule has 0 spiro atoms. The third-order valence-corrected chi connectivity index (χ3v) is 5.69. The van der Waals surface area contributed by atoms with Gasteiger partial charge in [0.1, 0.15) is 11.8 Å². The molecule has 2 aromatic heterocycles. The van der Waals surface area contributed by atoms with Gasteiger partial charge in [0.05, 0.1) is 0 Å². The van der Waals surface area contributed by atoms with Crippen LogP contribution in [-0.4, -0.2) is 16.1 Å². The van der Waals surface area contributed by atoms with E-state index in [4.69, 9.17) is 4.74 Å². The summed E-state index contributed by atoms with van der Waals surface area (Å²) < 4.78 is 6.97. The van der Waals surface area contributed by atoms with Gasteiger partial charge in [0.15, 0.2) is 0 Å². The molecule has 3 aromatic rings. The van der Waals surface area contributed by atoms with Gasteiger partial charge >= 0.3 is 11.4 Å². The smallest absolute Gasteiger partial charge is 0.400 e. The van der Waals surface area contributed by atoms with E-state index >= 15 is 0 Å². The second-order valence-electron chi connectivity index (χ2n) is 8.49. The van der Waals surface area contributed by atoms with E-state index in [0.29, 0.717) is 18.5 Å². The number of benzene rings is 1. The van der Waals surface area contributed by atoms with Crippen molar-refractivity contribution in [2.45, 2.75) is 64.9 Å². The molecule has 1 aliphatic carbocycles. The quantitative estimate of drug-likeness (QED) is 0.489. The standard InChI is InChI=1S/C23H29N3O3/c1-15(2)12-21-22(27)25-20(13-16-14-24-19-11-7-6-10-18(16)19)23(26(21)28)29-17-8-4-3-5-9-17/h6-7,10-11,14-15,17,24H,3-5,8-9,12-13H2,1-2H3,(H,25,27). The van der Waals surface area contributed by atoms with Gasteiger partial charge in [-0.15, -0.1) is 4.73 Å². The summed E-state index contributed by atoms with van der Waals surface area (Å²) >= 11 is 0. The van der Waals surface area contributed by atoms with Crippen LogP contribution in [0.15, 0.2) is 35.3 Å². The van der Waals surface area contributed by atoms with Crippen LogP contribution in [0.3, 0.4) is 0 Å². The highest BCUT2D eigenvalue weighted by atomic mass is 16.6. The van der Waals surface area contributed by atoms with Gasteiger partial charge in [0.2, 0.25) is 0 Å². The van der Waals surface area contributed by atoms with Crippen LogP contribution >= 0.6 is 0 Å². The van der Waals surface area contributed by atoms with Crippen molar-refractivity contribution in [3.05, 3.63) is 63.0 Å². The highest BCUT2D eigenvalue weighted by molar-refractivity contribution is 5.83. The molecule has 1 fully saturated rings. The van der Waals surface area contributed by atoms with Gasteiger partial charge in [-0.2, -0.15) is 0 Å². The SMILES string of the molecule is CC(C)Cc1c(=O)[nH]c(Cc2c[nH]c3ccccc23)c(OC2CCCCC2)[n+]1[O-]. The Balaban J connectivity index is 1.75. The normalized spacial score (nSPS) is 15.3. The average Bonchev–Trinajstić information content (AvgIpc) is 3.12. The monoisotopic (exact) mass is 395 g/mol. The lowest BCUT2D eigenvalue weighted by atomic mass is 9.98. The molecule has 0 unspecified atom stereocenters. The minimum atomic E-state index is -0.320. The van der Waals surface area contributed by atoms with E-state index < -0.39 is 0 Å². The minimum Gasteiger partial charge on any atom is -0.616 e. The van der Waals surface area contributed by atoms with Crippen LogP contribution in [0, 0.1) is 11.1 Å². The molecule has 0 atom stereocenters. The molecule has 1 aromatic carbocycles. The van der Waals surface area contributed by atoms with Crippen molar-refractivity contribution >= 4 is 10.9 Å². The van der Waals surface area contributed by atoms with Gasteiger partial charge in [-0.25, -0.2) is 0 Å². The van der Waals surface area contributed by atoms with Crippen molar-refractivity contribution in [1.29, 1.82) is 0 Å². The maximum absolute atomic E-state index is 13.2. The highest BCUT2D eigenvalue weighted by Gasteiger charge is 2.28. The number of H-pyrrole nitrogens is 2. The third kappa shape index (κ3) is 4.16. The second-order valence-corrected chi connectivity index (χ2v) is 8.49. The van der Waals surface area contributed by atoms with Gasteiger partial charge in [-0.3, -0.25) is 4.79 Å². The Morgan fingerprint density at radius 3 is 2.72 bits per heavy atom. The zero-order valence-electron chi connectivity index (χ0n) is 17.2. The van der Waals surface area contributed by atoms with Crippen LogP contribution in [0.1, 0.15) is 62.9 Å². The van der Waals surface area contributed by atoms with Crippen molar-refractivity contribution in [2.75, 3.05) is 0 Å². The molecule has 0 radical (unpaired) electrons. The van der Waals surface area contributed by atoms with Crippen LogP contribution in [0.5, 0.6) is 5.88 Å². The Morgan fingerprint density at radius 2 is 1.97 bits per heavy atom. The number of nitrogens with one attached hydrogen (secondary N) is 2. The number of ether oxygens (including phenoxy) is 1. The van der Waals surface area contributed by atoms with Crippen molar-refractivity contribution in [3.8, 4) is 5.88 Å². The fourth-order valence-corrected chi connectivity index (χ4v) is 4.21. The summed E-state index contributed by atoms with van der Waals surface area (Å²) in [4.78, 5) is 18.9. The third-order valence-electron chi connectivity index (χ3n) is 5.69. The predicted molar refractivity (Wildman–Crippen MR) is 113 cm³/mol. The fraction of sp³-hybridized carbons (Fsp3) is 0.478. The van der Waals surface area contributed by atoms with E-state index in [1.807, 2.05) is 44.3 Å². The largest absolute Gasteiger partial charge is 0.616 e. The Labute approximate surface area is 170 Å². The summed E-state index contributed by atoms with van der Waals surface area (Å²) in [6.07, 6.45) is 8.17. The van der Waals surface area contributed by atoms with Crippen LogP contribution in [0.4, 0.5) is 0 Å². The lowest BCUT2D eigenvalue weighted by Crippen LogP contribution is -2.44. The van der Waals surface area contributed by atoms with Crippen molar-refractivity contribution in [1.82, 2.24) is 9.97 Å². The summed E-state index contributed by atoms with van der Waals surface area (Å²) in [5, 5.41) is 14.3. The zero-order valence-corrected chi connectivity index (χ0v) is 17.2. The zero-order chi connectivity index (χ0) is 20.4. The maximum Gasteiger partial charge on any atom is 0.400 e. The Morgan fingerprint density at radius 1 is 1.21 bits per heavy atom. The molecule has 6 nitrogen and oxygen atoms in total. The van der Waals surface area contributed by atoms with Crippen molar-refractivity contribution < 1.29 is 9.47 Å². The average molecular weight is 396 g/mol. The summed E-state index contributed by atoms with van der Waals surface area (Å²) in [7, 11) is 0. The number of aromatic nitrogens is 3. The fourth-order valence-electron chi connectivity index (χ4n) is 4.21. The van der Waals surface area contributed by atoms with Crippen LogP contribution < -0.4 is 15.0 Å².